The van der Waals surface area contributed by atoms with Gasteiger partial charge in [-0.15, -0.1) is 0 Å². The molecule has 0 spiro atoms. The Labute approximate surface area is 365 Å². The van der Waals surface area contributed by atoms with Crippen molar-refractivity contribution in [3.63, 3.8) is 0 Å². The molecule has 2 heterocycles. The van der Waals surface area contributed by atoms with Gasteiger partial charge in [-0.25, -0.2) is 15.0 Å². The highest BCUT2D eigenvalue weighted by Crippen LogP contribution is 2.50. The summed E-state index contributed by atoms with van der Waals surface area (Å²) in [6.45, 7) is 0. The van der Waals surface area contributed by atoms with Crippen molar-refractivity contribution in [2.45, 2.75) is 0 Å². The van der Waals surface area contributed by atoms with E-state index in [2.05, 4.69) is 199 Å². The average molecular weight is 803 g/mol. The zero-order valence-corrected chi connectivity index (χ0v) is 34.2. The summed E-state index contributed by atoms with van der Waals surface area (Å²) in [4.78, 5) is 15.9. The molecule has 0 fully saturated rings. The Morgan fingerprint density at radius 1 is 0.270 bits per heavy atom. The molecule has 0 aliphatic heterocycles. The molecule has 12 rings (SSSR count). The van der Waals surface area contributed by atoms with Crippen LogP contribution >= 0.6 is 0 Å². The van der Waals surface area contributed by atoms with E-state index in [9.17, 15) is 0 Å². The normalized spacial score (nSPS) is 11.5. The van der Waals surface area contributed by atoms with Gasteiger partial charge >= 0.3 is 0 Å². The lowest BCUT2D eigenvalue weighted by atomic mass is 9.84. The van der Waals surface area contributed by atoms with E-state index in [-0.39, 0.29) is 0 Å². The van der Waals surface area contributed by atoms with Crippen molar-refractivity contribution >= 4 is 43.4 Å². The van der Waals surface area contributed by atoms with Gasteiger partial charge in [0.2, 0.25) is 0 Å². The monoisotopic (exact) mass is 802 g/mol. The Hall–Kier alpha value is -8.47. The lowest BCUT2D eigenvalue weighted by Crippen LogP contribution is -2.06. The first-order valence-electron chi connectivity index (χ1n) is 21.4. The van der Waals surface area contributed by atoms with Crippen LogP contribution in [-0.2, 0) is 0 Å². The third-order valence-corrected chi connectivity index (χ3v) is 12.2. The molecule has 0 amide bonds. The van der Waals surface area contributed by atoms with Gasteiger partial charge in [0.05, 0.1) is 16.7 Å². The molecule has 0 saturated heterocycles. The molecule has 0 aliphatic carbocycles. The van der Waals surface area contributed by atoms with Crippen LogP contribution in [0, 0.1) is 0 Å². The van der Waals surface area contributed by atoms with Gasteiger partial charge in [0.15, 0.2) is 17.5 Å². The number of aromatic nitrogens is 4. The van der Waals surface area contributed by atoms with Gasteiger partial charge in [-0.1, -0.05) is 200 Å². The van der Waals surface area contributed by atoms with Crippen LogP contribution in [0.2, 0.25) is 0 Å². The van der Waals surface area contributed by atoms with Crippen LogP contribution < -0.4 is 0 Å². The van der Waals surface area contributed by atoms with E-state index in [1.54, 1.807) is 0 Å². The van der Waals surface area contributed by atoms with E-state index in [1.807, 2.05) is 36.4 Å². The summed E-state index contributed by atoms with van der Waals surface area (Å²) in [5.41, 5.74) is 12.5. The minimum absolute atomic E-state index is 0.599. The summed E-state index contributed by atoms with van der Waals surface area (Å²) >= 11 is 0. The predicted molar refractivity (Wildman–Crippen MR) is 262 cm³/mol. The Bertz CT molecular complexity index is 3490. The highest BCUT2D eigenvalue weighted by Gasteiger charge is 2.28. The van der Waals surface area contributed by atoms with Crippen LogP contribution in [0.25, 0.3) is 117 Å². The lowest BCUT2D eigenvalue weighted by Gasteiger charge is -2.25. The van der Waals surface area contributed by atoms with E-state index in [1.165, 1.54) is 32.3 Å². The predicted octanol–water partition coefficient (Wildman–Crippen LogP) is 15.3. The summed E-state index contributed by atoms with van der Waals surface area (Å²) in [7, 11) is 0. The van der Waals surface area contributed by atoms with Gasteiger partial charge < -0.3 is 4.57 Å². The van der Waals surface area contributed by atoms with Crippen LogP contribution in [0.15, 0.2) is 231 Å². The van der Waals surface area contributed by atoms with Gasteiger partial charge in [-0.3, -0.25) is 0 Å². The van der Waals surface area contributed by atoms with E-state index >= 15 is 0 Å². The molecule has 0 N–H and O–H groups in total. The largest absolute Gasteiger partial charge is 0.308 e. The number of hydrogen-bond acceptors (Lipinski definition) is 3. The Balaban J connectivity index is 1.30. The molecule has 0 radical (unpaired) electrons. The van der Waals surface area contributed by atoms with E-state index < -0.39 is 0 Å². The molecule has 0 bridgehead atoms. The molecule has 0 atom stereocenters. The topological polar surface area (TPSA) is 43.6 Å². The van der Waals surface area contributed by atoms with Crippen molar-refractivity contribution in [3.05, 3.63) is 231 Å². The van der Waals surface area contributed by atoms with E-state index in [0.717, 1.165) is 66.8 Å². The Morgan fingerprint density at radius 3 is 1.06 bits per heavy atom. The maximum absolute atomic E-state index is 5.39. The van der Waals surface area contributed by atoms with Crippen molar-refractivity contribution in [1.82, 2.24) is 19.5 Å². The molecule has 2 aromatic heterocycles. The number of hydrogen-bond donors (Lipinski definition) is 0. The summed E-state index contributed by atoms with van der Waals surface area (Å²) in [5.74, 6) is 1.83. The van der Waals surface area contributed by atoms with E-state index in [4.69, 9.17) is 15.0 Å². The highest BCUT2D eigenvalue weighted by molar-refractivity contribution is 6.18. The second-order valence-electron chi connectivity index (χ2n) is 16.0. The molecule has 4 heteroatoms. The fraction of sp³-hybridized carbons (Fsp3) is 0. The van der Waals surface area contributed by atoms with Crippen LogP contribution in [0.3, 0.4) is 0 Å². The van der Waals surface area contributed by atoms with Gasteiger partial charge in [0.1, 0.15) is 0 Å². The van der Waals surface area contributed by atoms with Crippen LogP contribution in [-0.4, -0.2) is 19.5 Å². The number of nitrogens with zero attached hydrogens (tertiary/aromatic N) is 4. The maximum atomic E-state index is 5.39. The standard InChI is InChI=1S/C59H38N4/c1-6-20-39(21-7-1)48-38-51(59-61-57(42-26-12-4-13-27-42)60-58(62-59)43-28-14-5-15-29-43)54(40-22-8-2-9-23-40)55(41-24-10-3-11-25-41)56(48)63-52-36-46-32-18-16-30-44(46)34-49(52)50-35-45-31-17-19-33-47(45)37-53(50)63/h1-38H. The number of fused-ring (bicyclic) bond motifs is 5. The smallest absolute Gasteiger partial charge is 0.164 e. The van der Waals surface area contributed by atoms with Crippen molar-refractivity contribution < 1.29 is 0 Å². The first-order chi connectivity index (χ1) is 31.2. The molecular formula is C59H38N4. The molecule has 0 aliphatic rings. The molecule has 10 aromatic carbocycles. The summed E-state index contributed by atoms with van der Waals surface area (Å²) in [6, 6.07) is 82.0. The van der Waals surface area contributed by atoms with Crippen molar-refractivity contribution in [2.75, 3.05) is 0 Å². The quantitative estimate of drug-likeness (QED) is 0.161. The zero-order valence-electron chi connectivity index (χ0n) is 34.2. The second kappa shape index (κ2) is 15.2. The lowest BCUT2D eigenvalue weighted by molar-refractivity contribution is 1.07. The molecule has 0 unspecified atom stereocenters. The van der Waals surface area contributed by atoms with Crippen molar-refractivity contribution in [2.24, 2.45) is 0 Å². The SMILES string of the molecule is c1ccc(-c2nc(-c3ccccc3)nc(-c3cc(-c4ccccc4)c(-n4c5cc6ccccc6cc5c5cc6ccccc6cc54)c(-c4ccccc4)c3-c3ccccc3)n2)cc1. The third kappa shape index (κ3) is 6.36. The van der Waals surface area contributed by atoms with Crippen molar-refractivity contribution in [1.29, 1.82) is 0 Å². The summed E-state index contributed by atoms with van der Waals surface area (Å²) in [6.07, 6.45) is 0. The van der Waals surface area contributed by atoms with Crippen molar-refractivity contribution in [3.8, 4) is 73.2 Å². The van der Waals surface area contributed by atoms with Crippen LogP contribution in [0.1, 0.15) is 0 Å². The number of rotatable bonds is 7. The zero-order chi connectivity index (χ0) is 41.7. The summed E-state index contributed by atoms with van der Waals surface area (Å²) in [5, 5.41) is 7.21. The average Bonchev–Trinajstić information content (AvgIpc) is 3.66. The molecule has 0 saturated carbocycles. The second-order valence-corrected chi connectivity index (χ2v) is 16.0. The first-order valence-corrected chi connectivity index (χ1v) is 21.4. The minimum atomic E-state index is 0.599. The fourth-order valence-corrected chi connectivity index (χ4v) is 9.27. The Kier molecular flexibility index (Phi) is 8.79. The van der Waals surface area contributed by atoms with Gasteiger partial charge in [-0.05, 0) is 68.6 Å². The van der Waals surface area contributed by atoms with Gasteiger partial charge in [0.25, 0.3) is 0 Å². The third-order valence-electron chi connectivity index (χ3n) is 12.2. The summed E-state index contributed by atoms with van der Waals surface area (Å²) < 4.78 is 2.53. The van der Waals surface area contributed by atoms with Crippen LogP contribution in [0.5, 0.6) is 0 Å². The fourth-order valence-electron chi connectivity index (χ4n) is 9.27. The van der Waals surface area contributed by atoms with Gasteiger partial charge in [0, 0.05) is 44.2 Å². The van der Waals surface area contributed by atoms with E-state index in [0.29, 0.717) is 17.5 Å². The highest BCUT2D eigenvalue weighted by atomic mass is 15.0. The first kappa shape index (κ1) is 36.4. The molecule has 4 nitrogen and oxygen atoms in total. The number of benzene rings is 10. The molecule has 294 valence electrons. The Morgan fingerprint density at radius 2 is 0.619 bits per heavy atom. The van der Waals surface area contributed by atoms with Crippen LogP contribution in [0.4, 0.5) is 0 Å². The molecule has 63 heavy (non-hydrogen) atoms. The molecule has 12 aromatic rings. The maximum Gasteiger partial charge on any atom is 0.164 e. The van der Waals surface area contributed by atoms with Gasteiger partial charge in [-0.2, -0.15) is 0 Å². The molecular weight excluding hydrogens is 765 g/mol. The minimum Gasteiger partial charge on any atom is -0.308 e.